The van der Waals surface area contributed by atoms with Crippen molar-refractivity contribution < 1.29 is 37.4 Å². The summed E-state index contributed by atoms with van der Waals surface area (Å²) in [5.74, 6) is 0. The van der Waals surface area contributed by atoms with Crippen molar-refractivity contribution in [1.82, 2.24) is 9.88 Å². The van der Waals surface area contributed by atoms with Gasteiger partial charge < -0.3 is 9.64 Å². The van der Waals surface area contributed by atoms with Gasteiger partial charge in [-0.05, 0) is 12.7 Å². The van der Waals surface area contributed by atoms with Crippen molar-refractivity contribution in [3.05, 3.63) is 29.0 Å². The van der Waals surface area contributed by atoms with Gasteiger partial charge in [-0.25, -0.2) is 12.1 Å². The molecule has 1 aliphatic heterocycles. The van der Waals surface area contributed by atoms with Crippen molar-refractivity contribution in [3.63, 3.8) is 0 Å². The molecule has 1 aromatic heterocycles. The zero-order valence-corrected chi connectivity index (χ0v) is 12.0. The van der Waals surface area contributed by atoms with Crippen LogP contribution in [0, 0.1) is 6.07 Å². The molecule has 5 heteroatoms. The third-order valence-electron chi connectivity index (χ3n) is 2.23. The van der Waals surface area contributed by atoms with Gasteiger partial charge in [0.15, 0.2) is 0 Å². The summed E-state index contributed by atoms with van der Waals surface area (Å²) in [5.41, 5.74) is 1.15. The summed E-state index contributed by atoms with van der Waals surface area (Å²) < 4.78 is 5.27. The number of hydrogen-bond acceptors (Lipinski definition) is 3. The summed E-state index contributed by atoms with van der Waals surface area (Å²) in [4.78, 5) is 6.33. The second kappa shape index (κ2) is 6.92. The summed E-state index contributed by atoms with van der Waals surface area (Å²) in [6, 6.07) is 4.78. The van der Waals surface area contributed by atoms with Gasteiger partial charge >= 0.3 is 32.7 Å². The summed E-state index contributed by atoms with van der Waals surface area (Å²) in [6.07, 6.45) is 1.80. The van der Waals surface area contributed by atoms with Crippen LogP contribution in [-0.4, -0.2) is 36.2 Å². The third-order valence-corrected chi connectivity index (χ3v) is 2.44. The monoisotopic (exact) mass is 300 g/mol. The van der Waals surface area contributed by atoms with Crippen LogP contribution in [0.2, 0.25) is 5.15 Å². The van der Waals surface area contributed by atoms with Gasteiger partial charge in [-0.2, -0.15) is 5.56 Å². The molecule has 0 atom stereocenters. The molecule has 0 aliphatic carbocycles. The van der Waals surface area contributed by atoms with Crippen molar-refractivity contribution in [2.24, 2.45) is 0 Å². The molecule has 0 bridgehead atoms. The van der Waals surface area contributed by atoms with Crippen LogP contribution < -0.4 is 0 Å². The minimum absolute atomic E-state index is 0. The van der Waals surface area contributed by atoms with E-state index in [1.54, 1.807) is 6.20 Å². The smallest absolute Gasteiger partial charge is 0.379 e. The first-order chi connectivity index (χ1) is 6.84. The number of pyridine rings is 1. The van der Waals surface area contributed by atoms with Crippen LogP contribution >= 0.6 is 11.6 Å². The van der Waals surface area contributed by atoms with E-state index in [0.29, 0.717) is 5.15 Å². The first kappa shape index (κ1) is 13.5. The van der Waals surface area contributed by atoms with Crippen LogP contribution in [0.1, 0.15) is 5.56 Å². The fourth-order valence-electron chi connectivity index (χ4n) is 1.47. The predicted molar refractivity (Wildman–Crippen MR) is 54.2 cm³/mol. The molecule has 2 rings (SSSR count). The number of hydrogen-bond donors (Lipinski definition) is 0. The molecule has 0 amide bonds. The maximum Gasteiger partial charge on any atom is 3.00 e. The molecule has 1 fully saturated rings. The van der Waals surface area contributed by atoms with E-state index in [0.717, 1.165) is 38.4 Å². The van der Waals surface area contributed by atoms with Crippen molar-refractivity contribution in [2.75, 3.05) is 26.3 Å². The second-order valence-corrected chi connectivity index (χ2v) is 3.66. The molecule has 1 aliphatic rings. The Balaban J connectivity index is 0.00000112. The average Bonchev–Trinajstić information content (AvgIpc) is 2.23. The molecule has 1 saturated heterocycles. The van der Waals surface area contributed by atoms with Gasteiger partial charge in [-0.15, -0.1) is 0 Å². The first-order valence-electron chi connectivity index (χ1n) is 4.67. The topological polar surface area (TPSA) is 25.4 Å². The normalized spacial score (nSPS) is 17.1. The fourth-order valence-corrected chi connectivity index (χ4v) is 1.57. The number of halogens is 1. The zero-order valence-electron chi connectivity index (χ0n) is 8.45. The number of nitrogens with zero attached hydrogens (tertiary/aromatic N) is 2. The summed E-state index contributed by atoms with van der Waals surface area (Å²) in [6.45, 7) is 4.53. The minimum atomic E-state index is 0. The second-order valence-electron chi connectivity index (χ2n) is 3.30. The van der Waals surface area contributed by atoms with Crippen LogP contribution in [0.5, 0.6) is 0 Å². The molecular weight excluding hydrogens is 288 g/mol. The Morgan fingerprint density at radius 3 is 2.80 bits per heavy atom. The van der Waals surface area contributed by atoms with E-state index in [2.05, 4.69) is 16.0 Å². The van der Waals surface area contributed by atoms with Crippen LogP contribution in [-0.2, 0) is 44.0 Å². The Morgan fingerprint density at radius 1 is 1.47 bits per heavy atom. The Morgan fingerprint density at radius 2 is 2.20 bits per heavy atom. The quantitative estimate of drug-likeness (QED) is 0.609. The predicted octanol–water partition coefficient (Wildman–Crippen LogP) is 1.36. The van der Waals surface area contributed by atoms with Crippen molar-refractivity contribution in [3.8, 4) is 0 Å². The number of aromatic nitrogens is 1. The Labute approximate surface area is 120 Å². The molecule has 0 aromatic carbocycles. The third kappa shape index (κ3) is 4.45. The molecule has 0 spiro atoms. The SMILES string of the molecule is Clc1[c-]cc(CN2CCOCC2)cn1.[Y+3]. The fraction of sp³-hybridized carbons (Fsp3) is 0.500. The number of ether oxygens (including phenoxy) is 1. The van der Waals surface area contributed by atoms with Gasteiger partial charge in [0.25, 0.3) is 0 Å². The van der Waals surface area contributed by atoms with Crippen molar-refractivity contribution >= 4 is 11.6 Å². The Kier molecular flexibility index (Phi) is 6.24. The molecule has 0 N–H and O–H groups in total. The van der Waals surface area contributed by atoms with E-state index in [9.17, 15) is 0 Å². The van der Waals surface area contributed by atoms with E-state index in [4.69, 9.17) is 16.3 Å². The van der Waals surface area contributed by atoms with E-state index in [-0.39, 0.29) is 32.7 Å². The molecular formula is C10H12ClN2OY+2. The molecule has 0 radical (unpaired) electrons. The van der Waals surface area contributed by atoms with Crippen LogP contribution in [0.4, 0.5) is 0 Å². The standard InChI is InChI=1S/C10H12ClN2O.Y/c11-10-2-1-9(7-12-10)8-13-3-5-14-6-4-13;/h1,7H,3-6,8H2;/q-1;+3. The van der Waals surface area contributed by atoms with E-state index >= 15 is 0 Å². The number of morpholine rings is 1. The largest absolute Gasteiger partial charge is 3.00 e. The summed E-state index contributed by atoms with van der Waals surface area (Å²) >= 11 is 5.65. The molecule has 0 unspecified atom stereocenters. The summed E-state index contributed by atoms with van der Waals surface area (Å²) in [7, 11) is 0. The van der Waals surface area contributed by atoms with Crippen LogP contribution in [0.3, 0.4) is 0 Å². The molecule has 0 saturated carbocycles. The van der Waals surface area contributed by atoms with Gasteiger partial charge in [0.1, 0.15) is 0 Å². The van der Waals surface area contributed by atoms with Crippen molar-refractivity contribution in [1.29, 1.82) is 0 Å². The van der Waals surface area contributed by atoms with Crippen LogP contribution in [0.25, 0.3) is 0 Å². The minimum Gasteiger partial charge on any atom is -0.379 e. The van der Waals surface area contributed by atoms with Gasteiger partial charge in [-0.1, -0.05) is 11.6 Å². The average molecular weight is 301 g/mol. The van der Waals surface area contributed by atoms with Crippen molar-refractivity contribution in [2.45, 2.75) is 6.54 Å². The molecule has 3 nitrogen and oxygen atoms in total. The molecule has 2 heterocycles. The molecule has 76 valence electrons. The van der Waals surface area contributed by atoms with E-state index < -0.39 is 0 Å². The van der Waals surface area contributed by atoms with E-state index in [1.807, 2.05) is 6.07 Å². The Hall–Kier alpha value is 0.464. The van der Waals surface area contributed by atoms with Crippen LogP contribution in [0.15, 0.2) is 12.3 Å². The first-order valence-corrected chi connectivity index (χ1v) is 5.04. The van der Waals surface area contributed by atoms with E-state index in [1.165, 1.54) is 0 Å². The van der Waals surface area contributed by atoms with Gasteiger partial charge in [0, 0.05) is 18.2 Å². The van der Waals surface area contributed by atoms with Gasteiger partial charge in [-0.3, -0.25) is 4.98 Å². The van der Waals surface area contributed by atoms with Gasteiger partial charge in [0.2, 0.25) is 0 Å². The molecule has 1 aromatic rings. The number of rotatable bonds is 2. The zero-order chi connectivity index (χ0) is 9.80. The van der Waals surface area contributed by atoms with Gasteiger partial charge in [0.05, 0.1) is 13.2 Å². The molecule has 15 heavy (non-hydrogen) atoms. The Bertz CT molecular complexity index is 288. The summed E-state index contributed by atoms with van der Waals surface area (Å²) in [5, 5.41) is 0.427. The maximum absolute atomic E-state index is 5.65. The maximum atomic E-state index is 5.65.